The molecule has 0 saturated heterocycles. The number of nitrogen functional groups attached to an aromatic ring is 2. The van der Waals surface area contributed by atoms with E-state index in [0.29, 0.717) is 5.69 Å². The Kier molecular flexibility index (Phi) is 3.19. The number of halogens is 1. The summed E-state index contributed by atoms with van der Waals surface area (Å²) in [7, 11) is 0. The minimum atomic E-state index is -0.553. The number of carbonyl (C=O) groups excluding carboxylic acids is 1. The summed E-state index contributed by atoms with van der Waals surface area (Å²) in [5, 5.41) is 0.142. The standard InChI is InChI=1S/C9H11ClN2O2/c1-2-14-9(13)7-5(11)3-4-6(12)8(7)10/h3-4H,2,11-12H2,1H3. The summed E-state index contributed by atoms with van der Waals surface area (Å²) in [5.41, 5.74) is 11.8. The highest BCUT2D eigenvalue weighted by molar-refractivity contribution is 6.36. The number of hydrogen-bond acceptors (Lipinski definition) is 4. The van der Waals surface area contributed by atoms with E-state index < -0.39 is 5.97 Å². The van der Waals surface area contributed by atoms with Gasteiger partial charge in [0.1, 0.15) is 5.56 Å². The molecule has 0 amide bonds. The van der Waals surface area contributed by atoms with Gasteiger partial charge < -0.3 is 16.2 Å². The third kappa shape index (κ3) is 1.90. The van der Waals surface area contributed by atoms with Crippen LogP contribution in [0.2, 0.25) is 5.02 Å². The summed E-state index contributed by atoms with van der Waals surface area (Å²) < 4.78 is 4.79. The fraction of sp³-hybridized carbons (Fsp3) is 0.222. The summed E-state index contributed by atoms with van der Waals surface area (Å²) >= 11 is 5.82. The van der Waals surface area contributed by atoms with E-state index in [1.165, 1.54) is 6.07 Å². The van der Waals surface area contributed by atoms with Gasteiger partial charge in [0.05, 0.1) is 17.3 Å². The largest absolute Gasteiger partial charge is 0.462 e. The van der Waals surface area contributed by atoms with Crippen LogP contribution in [0.1, 0.15) is 17.3 Å². The van der Waals surface area contributed by atoms with E-state index in [0.717, 1.165) is 0 Å². The van der Waals surface area contributed by atoms with Crippen LogP contribution in [0, 0.1) is 0 Å². The average molecular weight is 215 g/mol. The van der Waals surface area contributed by atoms with Gasteiger partial charge in [-0.25, -0.2) is 4.79 Å². The van der Waals surface area contributed by atoms with E-state index in [9.17, 15) is 4.79 Å². The minimum Gasteiger partial charge on any atom is -0.462 e. The molecule has 0 fully saturated rings. The molecular formula is C9H11ClN2O2. The van der Waals surface area contributed by atoms with Gasteiger partial charge in [0, 0.05) is 5.69 Å². The number of rotatable bonds is 2. The van der Waals surface area contributed by atoms with E-state index in [4.69, 9.17) is 27.8 Å². The van der Waals surface area contributed by atoms with Crippen molar-refractivity contribution in [2.75, 3.05) is 18.1 Å². The summed E-state index contributed by atoms with van der Waals surface area (Å²) in [6.07, 6.45) is 0. The molecule has 0 unspecified atom stereocenters. The Labute approximate surface area is 86.8 Å². The molecule has 0 atom stereocenters. The Balaban J connectivity index is 3.18. The van der Waals surface area contributed by atoms with Crippen LogP contribution in [0.5, 0.6) is 0 Å². The van der Waals surface area contributed by atoms with E-state index in [-0.39, 0.29) is 22.9 Å². The lowest BCUT2D eigenvalue weighted by Gasteiger charge is -2.08. The molecule has 0 aliphatic heterocycles. The van der Waals surface area contributed by atoms with Crippen molar-refractivity contribution in [1.29, 1.82) is 0 Å². The van der Waals surface area contributed by atoms with Gasteiger partial charge in [-0.1, -0.05) is 11.6 Å². The Morgan fingerprint density at radius 3 is 2.57 bits per heavy atom. The number of ether oxygens (including phenoxy) is 1. The quantitative estimate of drug-likeness (QED) is 0.580. The summed E-state index contributed by atoms with van der Waals surface area (Å²) in [5.74, 6) is -0.553. The monoisotopic (exact) mass is 214 g/mol. The van der Waals surface area contributed by atoms with Crippen LogP contribution in [0.25, 0.3) is 0 Å². The molecule has 0 bridgehead atoms. The highest BCUT2D eigenvalue weighted by Gasteiger charge is 2.16. The lowest BCUT2D eigenvalue weighted by Crippen LogP contribution is -2.09. The molecule has 0 aliphatic carbocycles. The number of hydrogen-bond donors (Lipinski definition) is 2. The molecule has 0 spiro atoms. The molecule has 1 rings (SSSR count). The van der Waals surface area contributed by atoms with Crippen molar-refractivity contribution < 1.29 is 9.53 Å². The Morgan fingerprint density at radius 2 is 2.00 bits per heavy atom. The Morgan fingerprint density at radius 1 is 1.43 bits per heavy atom. The van der Waals surface area contributed by atoms with Crippen LogP contribution in [-0.2, 0) is 4.74 Å². The smallest absolute Gasteiger partial charge is 0.341 e. The first-order valence-electron chi connectivity index (χ1n) is 4.08. The molecular weight excluding hydrogens is 204 g/mol. The van der Waals surface area contributed by atoms with Gasteiger partial charge in [-0.2, -0.15) is 0 Å². The van der Waals surface area contributed by atoms with Crippen LogP contribution >= 0.6 is 11.6 Å². The third-order valence-electron chi connectivity index (χ3n) is 1.68. The summed E-state index contributed by atoms with van der Waals surface area (Å²) in [4.78, 5) is 11.4. The van der Waals surface area contributed by atoms with Crippen molar-refractivity contribution >= 4 is 28.9 Å². The summed E-state index contributed by atoms with van der Waals surface area (Å²) in [6, 6.07) is 3.06. The highest BCUT2D eigenvalue weighted by Crippen LogP contribution is 2.28. The number of benzene rings is 1. The molecule has 76 valence electrons. The predicted octanol–water partition coefficient (Wildman–Crippen LogP) is 1.68. The molecule has 5 heteroatoms. The first-order chi connectivity index (χ1) is 6.57. The molecule has 0 radical (unpaired) electrons. The van der Waals surface area contributed by atoms with Crippen LogP contribution in [-0.4, -0.2) is 12.6 Å². The van der Waals surface area contributed by atoms with Crippen molar-refractivity contribution in [3.63, 3.8) is 0 Å². The number of carbonyl (C=O) groups is 1. The van der Waals surface area contributed by atoms with Crippen LogP contribution in [0.15, 0.2) is 12.1 Å². The Bertz CT molecular complexity index is 366. The van der Waals surface area contributed by atoms with Crippen molar-refractivity contribution in [3.05, 3.63) is 22.7 Å². The molecule has 14 heavy (non-hydrogen) atoms. The number of esters is 1. The van der Waals surface area contributed by atoms with Crippen molar-refractivity contribution in [2.24, 2.45) is 0 Å². The number of anilines is 2. The normalized spacial score (nSPS) is 9.86. The van der Waals surface area contributed by atoms with E-state index in [1.54, 1.807) is 13.0 Å². The SMILES string of the molecule is CCOC(=O)c1c(N)ccc(N)c1Cl. The number of nitrogens with two attached hydrogens (primary N) is 2. The minimum absolute atomic E-state index is 0.133. The third-order valence-corrected chi connectivity index (χ3v) is 2.09. The molecule has 4 nitrogen and oxygen atoms in total. The maximum atomic E-state index is 11.4. The lowest BCUT2D eigenvalue weighted by atomic mass is 10.1. The molecule has 0 heterocycles. The molecule has 0 aliphatic rings. The highest BCUT2D eigenvalue weighted by atomic mass is 35.5. The van der Waals surface area contributed by atoms with Gasteiger partial charge in [0.2, 0.25) is 0 Å². The second-order valence-corrected chi connectivity index (χ2v) is 3.03. The second kappa shape index (κ2) is 4.19. The summed E-state index contributed by atoms with van der Waals surface area (Å²) in [6.45, 7) is 1.97. The first kappa shape index (κ1) is 10.7. The molecule has 0 saturated carbocycles. The van der Waals surface area contributed by atoms with Crippen LogP contribution in [0.3, 0.4) is 0 Å². The van der Waals surface area contributed by atoms with Gasteiger partial charge >= 0.3 is 5.97 Å². The van der Waals surface area contributed by atoms with Gasteiger partial charge in [-0.15, -0.1) is 0 Å². The topological polar surface area (TPSA) is 78.3 Å². The van der Waals surface area contributed by atoms with Gasteiger partial charge in [0.25, 0.3) is 0 Å². The van der Waals surface area contributed by atoms with Crippen molar-refractivity contribution in [2.45, 2.75) is 6.92 Å². The van der Waals surface area contributed by atoms with E-state index in [1.807, 2.05) is 0 Å². The second-order valence-electron chi connectivity index (χ2n) is 2.65. The fourth-order valence-corrected chi connectivity index (χ4v) is 1.27. The average Bonchev–Trinajstić information content (AvgIpc) is 2.13. The maximum Gasteiger partial charge on any atom is 0.341 e. The van der Waals surface area contributed by atoms with E-state index >= 15 is 0 Å². The fourth-order valence-electron chi connectivity index (χ4n) is 1.02. The van der Waals surface area contributed by atoms with E-state index in [2.05, 4.69) is 0 Å². The van der Waals surface area contributed by atoms with Crippen molar-refractivity contribution in [3.8, 4) is 0 Å². The lowest BCUT2D eigenvalue weighted by molar-refractivity contribution is 0.0528. The Hall–Kier alpha value is -1.42. The molecule has 4 N–H and O–H groups in total. The zero-order valence-electron chi connectivity index (χ0n) is 7.71. The van der Waals surface area contributed by atoms with Crippen LogP contribution < -0.4 is 11.5 Å². The zero-order valence-corrected chi connectivity index (χ0v) is 8.47. The first-order valence-corrected chi connectivity index (χ1v) is 4.46. The molecule has 0 aromatic heterocycles. The predicted molar refractivity (Wildman–Crippen MR) is 56.2 cm³/mol. The maximum absolute atomic E-state index is 11.4. The van der Waals surface area contributed by atoms with Crippen molar-refractivity contribution in [1.82, 2.24) is 0 Å². The molecule has 1 aromatic carbocycles. The molecule has 1 aromatic rings. The van der Waals surface area contributed by atoms with Crippen LogP contribution in [0.4, 0.5) is 11.4 Å². The zero-order chi connectivity index (χ0) is 10.7. The van der Waals surface area contributed by atoms with Gasteiger partial charge in [-0.05, 0) is 19.1 Å². The van der Waals surface area contributed by atoms with Gasteiger partial charge in [0.15, 0.2) is 0 Å². The van der Waals surface area contributed by atoms with Gasteiger partial charge in [-0.3, -0.25) is 0 Å².